The van der Waals surface area contributed by atoms with E-state index in [9.17, 15) is 13.2 Å². The molecule has 0 spiro atoms. The fraction of sp³-hybridized carbons (Fsp3) is 0.364. The lowest BCUT2D eigenvalue weighted by Crippen LogP contribution is -2.31. The van der Waals surface area contributed by atoms with E-state index in [0.717, 1.165) is 7.11 Å². The van der Waals surface area contributed by atoms with Crippen LogP contribution in [0.3, 0.4) is 0 Å². The SMILES string of the molecule is COC(=O)c1cc(N)ccc1S(=O)(=O)NCC(C)O. The highest BCUT2D eigenvalue weighted by atomic mass is 32.2. The second-order valence-electron chi connectivity index (χ2n) is 3.95. The molecule has 0 saturated carbocycles. The normalized spacial score (nSPS) is 13.0. The predicted octanol–water partition coefficient (Wildman–Crippen LogP) is -0.286. The molecule has 4 N–H and O–H groups in total. The molecule has 0 aliphatic rings. The van der Waals surface area contributed by atoms with Crippen molar-refractivity contribution in [3.05, 3.63) is 23.8 Å². The summed E-state index contributed by atoms with van der Waals surface area (Å²) >= 11 is 0. The van der Waals surface area contributed by atoms with E-state index >= 15 is 0 Å². The number of aliphatic hydroxyl groups excluding tert-OH is 1. The third-order valence-electron chi connectivity index (χ3n) is 2.27. The molecule has 0 aliphatic heterocycles. The standard InChI is InChI=1S/C11H16N2O5S/c1-7(14)6-13-19(16,17)10-4-3-8(12)5-9(10)11(15)18-2/h3-5,7,13-14H,6,12H2,1-2H3. The van der Waals surface area contributed by atoms with Crippen LogP contribution in [0.1, 0.15) is 17.3 Å². The first-order chi connectivity index (χ1) is 8.77. The van der Waals surface area contributed by atoms with Gasteiger partial charge >= 0.3 is 5.97 Å². The summed E-state index contributed by atoms with van der Waals surface area (Å²) in [5.74, 6) is -0.801. The monoisotopic (exact) mass is 288 g/mol. The lowest BCUT2D eigenvalue weighted by molar-refractivity contribution is 0.0596. The van der Waals surface area contributed by atoms with Crippen molar-refractivity contribution in [3.63, 3.8) is 0 Å². The van der Waals surface area contributed by atoms with Crippen molar-refractivity contribution in [2.45, 2.75) is 17.9 Å². The summed E-state index contributed by atoms with van der Waals surface area (Å²) in [4.78, 5) is 11.3. The lowest BCUT2D eigenvalue weighted by Gasteiger charge is -2.12. The molecule has 1 aromatic rings. The quantitative estimate of drug-likeness (QED) is 0.506. The van der Waals surface area contributed by atoms with Gasteiger partial charge in [-0.2, -0.15) is 0 Å². The molecule has 1 atom stereocenters. The van der Waals surface area contributed by atoms with E-state index in [-0.39, 0.29) is 22.7 Å². The van der Waals surface area contributed by atoms with Crippen LogP contribution < -0.4 is 10.5 Å². The fourth-order valence-electron chi connectivity index (χ4n) is 1.36. The topological polar surface area (TPSA) is 119 Å². The van der Waals surface area contributed by atoms with E-state index in [1.54, 1.807) is 0 Å². The van der Waals surface area contributed by atoms with Gasteiger partial charge in [-0.15, -0.1) is 0 Å². The Morgan fingerprint density at radius 3 is 2.68 bits per heavy atom. The van der Waals surface area contributed by atoms with Gasteiger partial charge in [0.05, 0.1) is 23.7 Å². The third kappa shape index (κ3) is 3.91. The van der Waals surface area contributed by atoms with Gasteiger partial charge in [0.15, 0.2) is 0 Å². The van der Waals surface area contributed by atoms with Crippen LogP contribution >= 0.6 is 0 Å². The highest BCUT2D eigenvalue weighted by Crippen LogP contribution is 2.19. The van der Waals surface area contributed by atoms with Crippen molar-refractivity contribution in [2.24, 2.45) is 0 Å². The Kier molecular flexibility index (Phi) is 4.87. The Morgan fingerprint density at radius 2 is 2.16 bits per heavy atom. The number of aliphatic hydroxyl groups is 1. The molecule has 0 amide bonds. The minimum Gasteiger partial charge on any atom is -0.465 e. The zero-order chi connectivity index (χ0) is 14.6. The molecule has 0 fully saturated rings. The molecule has 0 radical (unpaired) electrons. The van der Waals surface area contributed by atoms with Crippen molar-refractivity contribution in [1.82, 2.24) is 4.72 Å². The first kappa shape index (κ1) is 15.4. The highest BCUT2D eigenvalue weighted by molar-refractivity contribution is 7.89. The second-order valence-corrected chi connectivity index (χ2v) is 5.68. The molecule has 0 aliphatic carbocycles. The number of nitrogens with two attached hydrogens (primary N) is 1. The number of rotatable bonds is 5. The summed E-state index contributed by atoms with van der Waals surface area (Å²) < 4.78 is 30.7. The van der Waals surface area contributed by atoms with Crippen molar-refractivity contribution >= 4 is 21.7 Å². The van der Waals surface area contributed by atoms with Crippen LogP contribution in [0.15, 0.2) is 23.1 Å². The summed E-state index contributed by atoms with van der Waals surface area (Å²) in [6.45, 7) is 1.28. The van der Waals surface area contributed by atoms with E-state index in [2.05, 4.69) is 9.46 Å². The highest BCUT2D eigenvalue weighted by Gasteiger charge is 2.23. The average molecular weight is 288 g/mol. The molecule has 1 rings (SSSR count). The molecule has 1 unspecified atom stereocenters. The van der Waals surface area contributed by atoms with Crippen LogP contribution in [0, 0.1) is 0 Å². The molecule has 0 aromatic heterocycles. The Hall–Kier alpha value is -1.64. The van der Waals surface area contributed by atoms with E-state index in [4.69, 9.17) is 10.8 Å². The number of ether oxygens (including phenoxy) is 1. The van der Waals surface area contributed by atoms with Gasteiger partial charge in [-0.1, -0.05) is 0 Å². The molecule has 7 nitrogen and oxygen atoms in total. The van der Waals surface area contributed by atoms with E-state index in [1.807, 2.05) is 0 Å². The lowest BCUT2D eigenvalue weighted by atomic mass is 10.2. The zero-order valence-electron chi connectivity index (χ0n) is 10.6. The summed E-state index contributed by atoms with van der Waals surface area (Å²) in [5.41, 5.74) is 5.62. The number of sulfonamides is 1. The second kappa shape index (κ2) is 6.00. The number of esters is 1. The largest absolute Gasteiger partial charge is 0.465 e. The number of carbonyl (C=O) groups excluding carboxylic acids is 1. The van der Waals surface area contributed by atoms with E-state index in [0.29, 0.717) is 0 Å². The maximum atomic E-state index is 12.0. The summed E-state index contributed by atoms with van der Waals surface area (Å²) in [6.07, 6.45) is -0.842. The van der Waals surface area contributed by atoms with E-state index in [1.165, 1.54) is 25.1 Å². The van der Waals surface area contributed by atoms with Gasteiger partial charge < -0.3 is 15.6 Å². The molecule has 8 heteroatoms. The Balaban J connectivity index is 3.22. The van der Waals surface area contributed by atoms with Crippen LogP contribution in [0.25, 0.3) is 0 Å². The summed E-state index contributed by atoms with van der Waals surface area (Å²) in [7, 11) is -2.78. The Bertz CT molecular complexity index is 568. The molecule has 0 saturated heterocycles. The maximum absolute atomic E-state index is 12.0. The molecule has 0 bridgehead atoms. The summed E-state index contributed by atoms with van der Waals surface area (Å²) in [5, 5.41) is 9.09. The minimum absolute atomic E-state index is 0.152. The van der Waals surface area contributed by atoms with E-state index < -0.39 is 22.1 Å². The van der Waals surface area contributed by atoms with Crippen molar-refractivity contribution in [2.75, 3.05) is 19.4 Å². The first-order valence-electron chi connectivity index (χ1n) is 5.43. The minimum atomic E-state index is -3.92. The van der Waals surface area contributed by atoms with Gasteiger partial charge in [0.2, 0.25) is 10.0 Å². The van der Waals surface area contributed by atoms with Gasteiger partial charge in [-0.3, -0.25) is 0 Å². The number of nitrogen functional groups attached to an aromatic ring is 1. The molecular weight excluding hydrogens is 272 g/mol. The maximum Gasteiger partial charge on any atom is 0.339 e. The fourth-order valence-corrected chi connectivity index (χ4v) is 2.65. The number of methoxy groups -OCH3 is 1. The molecule has 1 aromatic carbocycles. The smallest absolute Gasteiger partial charge is 0.339 e. The third-order valence-corrected chi connectivity index (χ3v) is 3.75. The number of hydrogen-bond donors (Lipinski definition) is 3. The summed E-state index contributed by atoms with van der Waals surface area (Å²) in [6, 6.07) is 3.80. The molecule has 106 valence electrons. The van der Waals surface area contributed by atoms with Crippen LogP contribution in [0.2, 0.25) is 0 Å². The predicted molar refractivity (Wildman–Crippen MR) is 69.1 cm³/mol. The average Bonchev–Trinajstić information content (AvgIpc) is 2.35. The Morgan fingerprint density at radius 1 is 1.53 bits per heavy atom. The van der Waals surface area contributed by atoms with Crippen LogP contribution in [-0.4, -0.2) is 39.3 Å². The first-order valence-corrected chi connectivity index (χ1v) is 6.92. The van der Waals surface area contributed by atoms with Crippen molar-refractivity contribution in [1.29, 1.82) is 0 Å². The number of nitrogens with one attached hydrogen (secondary N) is 1. The van der Waals surface area contributed by atoms with Gasteiger partial charge in [0.25, 0.3) is 0 Å². The zero-order valence-corrected chi connectivity index (χ0v) is 11.4. The van der Waals surface area contributed by atoms with Gasteiger partial charge in [-0.25, -0.2) is 17.9 Å². The van der Waals surface area contributed by atoms with Gasteiger partial charge in [-0.05, 0) is 25.1 Å². The number of carbonyl (C=O) groups is 1. The van der Waals surface area contributed by atoms with Crippen LogP contribution in [0.4, 0.5) is 5.69 Å². The van der Waals surface area contributed by atoms with Crippen molar-refractivity contribution in [3.8, 4) is 0 Å². The number of anilines is 1. The van der Waals surface area contributed by atoms with Crippen LogP contribution in [-0.2, 0) is 14.8 Å². The number of benzene rings is 1. The van der Waals surface area contributed by atoms with Crippen LogP contribution in [0.5, 0.6) is 0 Å². The molecule has 19 heavy (non-hydrogen) atoms. The van der Waals surface area contributed by atoms with Crippen molar-refractivity contribution < 1.29 is 23.1 Å². The molecule has 0 heterocycles. The van der Waals surface area contributed by atoms with Gasteiger partial charge in [0.1, 0.15) is 0 Å². The molecular formula is C11H16N2O5S. The Labute approximate surface area is 111 Å². The van der Waals surface area contributed by atoms with Gasteiger partial charge in [0, 0.05) is 12.2 Å². The number of hydrogen-bond acceptors (Lipinski definition) is 6.